The molecule has 1 N–H and O–H groups in total. The largest absolute Gasteiger partial charge is 0.493 e. The molecule has 1 atom stereocenters. The molecule has 1 unspecified atom stereocenters. The fourth-order valence-electron chi connectivity index (χ4n) is 2.81. The highest BCUT2D eigenvalue weighted by atomic mass is 16.5. The minimum atomic E-state index is -1.02. The fourth-order valence-corrected chi connectivity index (χ4v) is 2.81. The smallest absolute Gasteiger partial charge is 0.358 e. The first-order chi connectivity index (χ1) is 10.2. The molecule has 0 aliphatic carbocycles. The van der Waals surface area contributed by atoms with Gasteiger partial charge in [-0.1, -0.05) is 30.3 Å². The number of hydrogen-bond acceptors (Lipinski definition) is 4. The van der Waals surface area contributed by atoms with Crippen LogP contribution in [0.3, 0.4) is 0 Å². The topological polar surface area (TPSA) is 77.2 Å². The number of fused-ring (bicyclic) bond motifs is 1. The van der Waals surface area contributed by atoms with Gasteiger partial charge in [0.2, 0.25) is 0 Å². The van der Waals surface area contributed by atoms with Gasteiger partial charge in [-0.05, 0) is 24.5 Å². The van der Waals surface area contributed by atoms with Gasteiger partial charge in [-0.15, -0.1) is 5.10 Å². The van der Waals surface area contributed by atoms with E-state index in [0.717, 1.165) is 17.7 Å². The molecule has 0 spiro atoms. The van der Waals surface area contributed by atoms with Crippen LogP contribution in [-0.4, -0.2) is 32.7 Å². The van der Waals surface area contributed by atoms with Crippen LogP contribution in [0.5, 0.6) is 5.75 Å². The lowest BCUT2D eigenvalue weighted by Gasteiger charge is -2.26. The molecule has 21 heavy (non-hydrogen) atoms. The number of rotatable bonds is 4. The van der Waals surface area contributed by atoms with Gasteiger partial charge in [-0.25, -0.2) is 9.48 Å². The number of aromatic nitrogens is 3. The average molecular weight is 287 g/mol. The first kappa shape index (κ1) is 13.6. The number of carboxylic acids is 1. The van der Waals surface area contributed by atoms with Gasteiger partial charge in [0.25, 0.3) is 0 Å². The third-order valence-electron chi connectivity index (χ3n) is 3.85. The van der Waals surface area contributed by atoms with E-state index in [2.05, 4.69) is 16.4 Å². The summed E-state index contributed by atoms with van der Waals surface area (Å²) in [6.07, 6.45) is 1.49. The van der Waals surface area contributed by atoms with E-state index in [1.54, 1.807) is 4.68 Å². The first-order valence-corrected chi connectivity index (χ1v) is 7.08. The Morgan fingerprint density at radius 1 is 1.48 bits per heavy atom. The molecule has 6 heteroatoms. The van der Waals surface area contributed by atoms with Gasteiger partial charge >= 0.3 is 5.97 Å². The van der Waals surface area contributed by atoms with Crippen LogP contribution in [0, 0.1) is 0 Å². The Hall–Kier alpha value is -2.37. The van der Waals surface area contributed by atoms with Crippen LogP contribution in [0.25, 0.3) is 0 Å². The highest BCUT2D eigenvalue weighted by Crippen LogP contribution is 2.34. The normalized spacial score (nSPS) is 17.1. The van der Waals surface area contributed by atoms with E-state index in [0.29, 0.717) is 25.3 Å². The summed E-state index contributed by atoms with van der Waals surface area (Å²) in [5.41, 5.74) is 1.88. The molecule has 1 aromatic carbocycles. The Labute approximate surface area is 122 Å². The van der Waals surface area contributed by atoms with Crippen LogP contribution in [0.2, 0.25) is 0 Å². The van der Waals surface area contributed by atoms with Crippen molar-refractivity contribution in [2.75, 3.05) is 6.61 Å². The summed E-state index contributed by atoms with van der Waals surface area (Å²) in [6.45, 7) is 3.22. The van der Waals surface area contributed by atoms with Crippen LogP contribution in [0.4, 0.5) is 0 Å². The van der Waals surface area contributed by atoms with Gasteiger partial charge in [0.1, 0.15) is 5.75 Å². The van der Waals surface area contributed by atoms with Crippen molar-refractivity contribution in [3.8, 4) is 5.75 Å². The van der Waals surface area contributed by atoms with Crippen LogP contribution in [0.1, 0.15) is 41.0 Å². The Morgan fingerprint density at radius 3 is 3.05 bits per heavy atom. The lowest BCUT2D eigenvalue weighted by Crippen LogP contribution is -2.20. The second-order valence-corrected chi connectivity index (χ2v) is 5.10. The van der Waals surface area contributed by atoms with E-state index in [1.807, 2.05) is 25.1 Å². The second-order valence-electron chi connectivity index (χ2n) is 5.10. The standard InChI is InChI=1S/C15H17N3O3/c1-2-12-14(15(19)20)16-17-18(12)9-10-7-8-21-13-6-4-3-5-11(10)13/h3-6,10H,2,7-9H2,1H3,(H,19,20). The zero-order valence-corrected chi connectivity index (χ0v) is 11.8. The second kappa shape index (κ2) is 5.55. The summed E-state index contributed by atoms with van der Waals surface area (Å²) >= 11 is 0. The highest BCUT2D eigenvalue weighted by Gasteiger charge is 2.24. The molecule has 1 aromatic heterocycles. The molecular weight excluding hydrogens is 270 g/mol. The molecule has 1 aliphatic rings. The minimum absolute atomic E-state index is 0.0536. The summed E-state index contributed by atoms with van der Waals surface area (Å²) in [5.74, 6) is 0.152. The lowest BCUT2D eigenvalue weighted by atomic mass is 9.93. The Kier molecular flexibility index (Phi) is 3.60. The Bertz CT molecular complexity index is 666. The number of ether oxygens (including phenoxy) is 1. The predicted molar refractivity (Wildman–Crippen MR) is 75.7 cm³/mol. The van der Waals surface area contributed by atoms with Crippen molar-refractivity contribution in [2.24, 2.45) is 0 Å². The number of carbonyl (C=O) groups is 1. The summed E-state index contributed by atoms with van der Waals surface area (Å²) in [6, 6.07) is 7.97. The van der Waals surface area contributed by atoms with E-state index < -0.39 is 5.97 Å². The average Bonchev–Trinajstić information content (AvgIpc) is 2.90. The van der Waals surface area contributed by atoms with Crippen LogP contribution in [-0.2, 0) is 13.0 Å². The van der Waals surface area contributed by atoms with E-state index in [4.69, 9.17) is 9.84 Å². The first-order valence-electron chi connectivity index (χ1n) is 7.08. The van der Waals surface area contributed by atoms with Gasteiger partial charge in [0.05, 0.1) is 18.8 Å². The number of benzene rings is 1. The predicted octanol–water partition coefficient (Wildman–Crippen LogP) is 2.10. The van der Waals surface area contributed by atoms with Gasteiger partial charge in [-0.3, -0.25) is 0 Å². The van der Waals surface area contributed by atoms with Crippen LogP contribution in [0.15, 0.2) is 24.3 Å². The molecule has 2 aromatic rings. The third kappa shape index (κ3) is 2.49. The SMILES string of the molecule is CCc1c(C(=O)O)nnn1CC1CCOc2ccccc21. The van der Waals surface area contributed by atoms with Crippen LogP contribution < -0.4 is 4.74 Å². The third-order valence-corrected chi connectivity index (χ3v) is 3.85. The quantitative estimate of drug-likeness (QED) is 0.931. The fraction of sp³-hybridized carbons (Fsp3) is 0.400. The van der Waals surface area contributed by atoms with E-state index in [1.165, 1.54) is 0 Å². The molecule has 0 amide bonds. The molecule has 1 aliphatic heterocycles. The van der Waals surface area contributed by atoms with E-state index >= 15 is 0 Å². The Balaban J connectivity index is 1.90. The zero-order valence-electron chi connectivity index (χ0n) is 11.8. The molecule has 110 valence electrons. The monoisotopic (exact) mass is 287 g/mol. The molecule has 0 saturated heterocycles. The summed E-state index contributed by atoms with van der Waals surface area (Å²) in [7, 11) is 0. The van der Waals surface area contributed by atoms with Gasteiger partial charge in [0, 0.05) is 5.92 Å². The van der Waals surface area contributed by atoms with Gasteiger partial charge in [-0.2, -0.15) is 0 Å². The van der Waals surface area contributed by atoms with Crippen molar-refractivity contribution in [1.29, 1.82) is 0 Å². The van der Waals surface area contributed by atoms with Crippen molar-refractivity contribution in [2.45, 2.75) is 32.2 Å². The van der Waals surface area contributed by atoms with E-state index in [-0.39, 0.29) is 11.6 Å². The summed E-state index contributed by atoms with van der Waals surface area (Å²) in [5, 5.41) is 16.9. The molecule has 0 saturated carbocycles. The Morgan fingerprint density at radius 2 is 2.29 bits per heavy atom. The lowest BCUT2D eigenvalue weighted by molar-refractivity contribution is 0.0689. The zero-order chi connectivity index (χ0) is 14.8. The summed E-state index contributed by atoms with van der Waals surface area (Å²) in [4.78, 5) is 11.1. The molecule has 3 rings (SSSR count). The molecule has 2 heterocycles. The van der Waals surface area contributed by atoms with Crippen molar-refractivity contribution in [1.82, 2.24) is 15.0 Å². The van der Waals surface area contributed by atoms with Crippen molar-refractivity contribution in [3.63, 3.8) is 0 Å². The van der Waals surface area contributed by atoms with Crippen molar-refractivity contribution < 1.29 is 14.6 Å². The van der Waals surface area contributed by atoms with Crippen molar-refractivity contribution >= 4 is 5.97 Å². The number of para-hydroxylation sites is 1. The van der Waals surface area contributed by atoms with Crippen LogP contribution >= 0.6 is 0 Å². The highest BCUT2D eigenvalue weighted by molar-refractivity contribution is 5.86. The number of carboxylic acid groups (broad SMARTS) is 1. The maximum atomic E-state index is 11.1. The number of aromatic carboxylic acids is 1. The number of nitrogens with zero attached hydrogens (tertiary/aromatic N) is 3. The minimum Gasteiger partial charge on any atom is -0.493 e. The maximum absolute atomic E-state index is 11.1. The van der Waals surface area contributed by atoms with Crippen molar-refractivity contribution in [3.05, 3.63) is 41.2 Å². The van der Waals surface area contributed by atoms with E-state index in [9.17, 15) is 4.79 Å². The molecule has 6 nitrogen and oxygen atoms in total. The number of hydrogen-bond donors (Lipinski definition) is 1. The maximum Gasteiger partial charge on any atom is 0.358 e. The summed E-state index contributed by atoms with van der Waals surface area (Å²) < 4.78 is 7.37. The van der Waals surface area contributed by atoms with Gasteiger partial charge < -0.3 is 9.84 Å². The molecule has 0 bridgehead atoms. The molecular formula is C15H17N3O3. The van der Waals surface area contributed by atoms with Gasteiger partial charge in [0.15, 0.2) is 5.69 Å². The molecule has 0 fully saturated rings. The molecule has 0 radical (unpaired) electrons.